The van der Waals surface area contributed by atoms with Crippen LogP contribution in [0, 0.1) is 11.3 Å². The lowest BCUT2D eigenvalue weighted by molar-refractivity contribution is 0.0438. The number of pyridine rings is 1. The van der Waals surface area contributed by atoms with Crippen molar-refractivity contribution in [3.8, 4) is 17.3 Å². The fourth-order valence-electron chi connectivity index (χ4n) is 2.35. The highest BCUT2D eigenvalue weighted by Gasteiger charge is 2.17. The third-order valence-electron chi connectivity index (χ3n) is 3.47. The summed E-state index contributed by atoms with van der Waals surface area (Å²) in [5.41, 5.74) is 2.74. The molecule has 0 amide bonds. The number of ether oxygens (including phenoxy) is 1. The van der Waals surface area contributed by atoms with Crippen molar-refractivity contribution < 1.29 is 9.53 Å². The molecular formula is C19H14N2O2. The van der Waals surface area contributed by atoms with Crippen LogP contribution in [0.3, 0.4) is 0 Å². The van der Waals surface area contributed by atoms with Crippen LogP contribution in [0.4, 0.5) is 0 Å². The lowest BCUT2D eigenvalue weighted by atomic mass is 10.0. The number of nitriles is 1. The summed E-state index contributed by atoms with van der Waals surface area (Å²) in [6.07, 6.45) is -0.797. The Kier molecular flexibility index (Phi) is 4.03. The van der Waals surface area contributed by atoms with Gasteiger partial charge < -0.3 is 4.74 Å². The predicted molar refractivity (Wildman–Crippen MR) is 87.7 cm³/mol. The van der Waals surface area contributed by atoms with Crippen molar-refractivity contribution in [2.45, 2.75) is 13.0 Å². The van der Waals surface area contributed by atoms with E-state index in [4.69, 9.17) is 10.00 Å². The van der Waals surface area contributed by atoms with Crippen molar-refractivity contribution in [3.05, 3.63) is 66.2 Å². The molecule has 2 aromatic carbocycles. The maximum absolute atomic E-state index is 12.4. The second-order valence-corrected chi connectivity index (χ2v) is 5.11. The van der Waals surface area contributed by atoms with Crippen LogP contribution in [0.25, 0.3) is 22.2 Å². The maximum Gasteiger partial charge on any atom is 0.340 e. The van der Waals surface area contributed by atoms with Gasteiger partial charge in [-0.05, 0) is 19.1 Å². The Morgan fingerprint density at radius 3 is 2.57 bits per heavy atom. The molecule has 1 atom stereocenters. The van der Waals surface area contributed by atoms with E-state index >= 15 is 0 Å². The summed E-state index contributed by atoms with van der Waals surface area (Å²) in [6.45, 7) is 1.54. The molecule has 0 saturated heterocycles. The molecule has 0 saturated carbocycles. The van der Waals surface area contributed by atoms with Gasteiger partial charge in [0.2, 0.25) is 0 Å². The number of hydrogen-bond acceptors (Lipinski definition) is 4. The van der Waals surface area contributed by atoms with Crippen molar-refractivity contribution >= 4 is 16.9 Å². The van der Waals surface area contributed by atoms with Crippen LogP contribution < -0.4 is 0 Å². The monoisotopic (exact) mass is 302 g/mol. The molecule has 1 heterocycles. The summed E-state index contributed by atoms with van der Waals surface area (Å²) in [5.74, 6) is -0.519. The lowest BCUT2D eigenvalue weighted by Gasteiger charge is -2.11. The summed E-state index contributed by atoms with van der Waals surface area (Å²) in [6, 6.07) is 20.6. The van der Waals surface area contributed by atoms with Gasteiger partial charge in [-0.2, -0.15) is 5.26 Å². The Balaban J connectivity index is 2.15. The van der Waals surface area contributed by atoms with Crippen molar-refractivity contribution in [2.24, 2.45) is 0 Å². The zero-order valence-electron chi connectivity index (χ0n) is 12.6. The first-order valence-electron chi connectivity index (χ1n) is 7.25. The first kappa shape index (κ1) is 14.7. The van der Waals surface area contributed by atoms with E-state index in [0.29, 0.717) is 22.2 Å². The molecule has 0 spiro atoms. The van der Waals surface area contributed by atoms with Crippen LogP contribution in [0.2, 0.25) is 0 Å². The van der Waals surface area contributed by atoms with Gasteiger partial charge >= 0.3 is 5.97 Å². The average molecular weight is 302 g/mol. The van der Waals surface area contributed by atoms with Gasteiger partial charge in [-0.15, -0.1) is 0 Å². The number of benzene rings is 2. The Morgan fingerprint density at radius 2 is 1.83 bits per heavy atom. The van der Waals surface area contributed by atoms with Crippen molar-refractivity contribution in [1.29, 1.82) is 5.26 Å². The first-order chi connectivity index (χ1) is 11.2. The smallest absolute Gasteiger partial charge is 0.340 e. The van der Waals surface area contributed by atoms with E-state index in [2.05, 4.69) is 4.98 Å². The van der Waals surface area contributed by atoms with E-state index in [0.717, 1.165) is 5.56 Å². The van der Waals surface area contributed by atoms with Crippen molar-refractivity contribution in [3.63, 3.8) is 0 Å². The molecule has 3 rings (SSSR count). The molecule has 1 unspecified atom stereocenters. The lowest BCUT2D eigenvalue weighted by Crippen LogP contribution is -2.14. The van der Waals surface area contributed by atoms with Gasteiger partial charge in [-0.25, -0.2) is 9.78 Å². The molecule has 3 aromatic rings. The second kappa shape index (κ2) is 6.29. The number of esters is 1. The third-order valence-corrected chi connectivity index (χ3v) is 3.47. The quantitative estimate of drug-likeness (QED) is 0.687. The second-order valence-electron chi connectivity index (χ2n) is 5.11. The summed E-state index contributed by atoms with van der Waals surface area (Å²) in [7, 11) is 0. The maximum atomic E-state index is 12.4. The number of carbonyl (C=O) groups excluding carboxylic acids is 1. The zero-order valence-corrected chi connectivity index (χ0v) is 12.6. The van der Waals surface area contributed by atoms with E-state index in [-0.39, 0.29) is 0 Å². The summed E-state index contributed by atoms with van der Waals surface area (Å²) < 4.78 is 5.16. The van der Waals surface area contributed by atoms with Crippen LogP contribution in [0.15, 0.2) is 60.7 Å². The number of nitrogens with zero attached hydrogens (tertiary/aromatic N) is 2. The minimum absolute atomic E-state index is 0.413. The van der Waals surface area contributed by atoms with Crippen LogP contribution in [0.1, 0.15) is 17.3 Å². The molecule has 4 heteroatoms. The van der Waals surface area contributed by atoms with Crippen LogP contribution in [-0.2, 0) is 4.74 Å². The molecule has 0 aliphatic rings. The SMILES string of the molecule is CC(C#N)OC(=O)c1cc(-c2ccccc2)nc2ccccc12. The van der Waals surface area contributed by atoms with Gasteiger partial charge in [0.05, 0.1) is 16.8 Å². The molecule has 0 bridgehead atoms. The van der Waals surface area contributed by atoms with Crippen molar-refractivity contribution in [1.82, 2.24) is 4.98 Å². The molecule has 0 fully saturated rings. The summed E-state index contributed by atoms with van der Waals surface area (Å²) in [4.78, 5) is 17.0. The van der Waals surface area contributed by atoms with E-state index in [9.17, 15) is 4.79 Å². The molecule has 23 heavy (non-hydrogen) atoms. The number of hydrogen-bond donors (Lipinski definition) is 0. The largest absolute Gasteiger partial charge is 0.444 e. The van der Waals surface area contributed by atoms with Gasteiger partial charge in [0.1, 0.15) is 6.07 Å². The fraction of sp³-hybridized carbons (Fsp3) is 0.105. The van der Waals surface area contributed by atoms with Gasteiger partial charge in [0.15, 0.2) is 6.10 Å². The van der Waals surface area contributed by atoms with Gasteiger partial charge in [0, 0.05) is 10.9 Å². The van der Waals surface area contributed by atoms with Gasteiger partial charge in [0.25, 0.3) is 0 Å². The number of aromatic nitrogens is 1. The Labute approximate surface area is 134 Å². The molecule has 4 nitrogen and oxygen atoms in total. The Hall–Kier alpha value is -3.19. The molecule has 0 N–H and O–H groups in total. The number of para-hydroxylation sites is 1. The Morgan fingerprint density at radius 1 is 1.13 bits per heavy atom. The highest BCUT2D eigenvalue weighted by atomic mass is 16.5. The van der Waals surface area contributed by atoms with E-state index in [1.807, 2.05) is 60.7 Å². The average Bonchev–Trinajstić information content (AvgIpc) is 2.61. The fourth-order valence-corrected chi connectivity index (χ4v) is 2.35. The number of carbonyl (C=O) groups is 1. The minimum atomic E-state index is -0.797. The van der Waals surface area contributed by atoms with Crippen LogP contribution >= 0.6 is 0 Å². The summed E-state index contributed by atoms with van der Waals surface area (Å²) in [5, 5.41) is 9.55. The van der Waals surface area contributed by atoms with Crippen molar-refractivity contribution in [2.75, 3.05) is 0 Å². The highest BCUT2D eigenvalue weighted by Crippen LogP contribution is 2.25. The molecule has 0 aliphatic carbocycles. The van der Waals surface area contributed by atoms with Gasteiger partial charge in [-0.1, -0.05) is 48.5 Å². The topological polar surface area (TPSA) is 63.0 Å². The van der Waals surface area contributed by atoms with E-state index in [1.54, 1.807) is 13.0 Å². The first-order valence-corrected chi connectivity index (χ1v) is 7.25. The highest BCUT2D eigenvalue weighted by molar-refractivity contribution is 6.04. The van der Waals surface area contributed by atoms with Gasteiger partial charge in [-0.3, -0.25) is 0 Å². The molecule has 0 radical (unpaired) electrons. The number of rotatable bonds is 3. The number of fused-ring (bicyclic) bond motifs is 1. The predicted octanol–water partition coefficient (Wildman–Crippen LogP) is 3.97. The normalized spacial score (nSPS) is 11.7. The molecular weight excluding hydrogens is 288 g/mol. The molecule has 1 aromatic heterocycles. The van der Waals surface area contributed by atoms with E-state index in [1.165, 1.54) is 0 Å². The molecule has 0 aliphatic heterocycles. The zero-order chi connectivity index (χ0) is 16.2. The summed E-state index contributed by atoms with van der Waals surface area (Å²) >= 11 is 0. The van der Waals surface area contributed by atoms with E-state index < -0.39 is 12.1 Å². The third kappa shape index (κ3) is 3.04. The minimum Gasteiger partial charge on any atom is -0.444 e. The Bertz CT molecular complexity index is 898. The standard InChI is InChI=1S/C19H14N2O2/c1-13(12-20)23-19(22)16-11-18(14-7-3-2-4-8-14)21-17-10-6-5-9-15(16)17/h2-11,13H,1H3. The van der Waals surface area contributed by atoms with Crippen LogP contribution in [-0.4, -0.2) is 17.1 Å². The molecule has 112 valence electrons. The van der Waals surface area contributed by atoms with Crippen LogP contribution in [0.5, 0.6) is 0 Å².